The van der Waals surface area contributed by atoms with Crippen molar-refractivity contribution >= 4 is 5.91 Å². The van der Waals surface area contributed by atoms with Gasteiger partial charge >= 0.3 is 0 Å². The molecule has 110 valence electrons. The van der Waals surface area contributed by atoms with Crippen molar-refractivity contribution in [3.05, 3.63) is 33.7 Å². The molecule has 0 aromatic carbocycles. The monoisotopic (exact) mass is 277 g/mol. The molecule has 5 heteroatoms. The summed E-state index contributed by atoms with van der Waals surface area (Å²) in [4.78, 5) is 28.8. The van der Waals surface area contributed by atoms with Crippen LogP contribution in [-0.4, -0.2) is 42.0 Å². The Bertz CT molecular complexity index is 542. The van der Waals surface area contributed by atoms with Crippen molar-refractivity contribution in [3.63, 3.8) is 0 Å². The molecule has 1 saturated carbocycles. The molecule has 1 fully saturated rings. The molecule has 0 bridgehead atoms. The average molecular weight is 277 g/mol. The smallest absolute Gasteiger partial charge is 0.260 e. The van der Waals surface area contributed by atoms with Crippen LogP contribution in [0, 0.1) is 6.92 Å². The van der Waals surface area contributed by atoms with Gasteiger partial charge in [-0.1, -0.05) is 12.8 Å². The fourth-order valence-electron chi connectivity index (χ4n) is 2.91. The van der Waals surface area contributed by atoms with E-state index in [4.69, 9.17) is 0 Å². The second-order valence-corrected chi connectivity index (χ2v) is 5.89. The summed E-state index contributed by atoms with van der Waals surface area (Å²) in [6.07, 6.45) is 4.56. The molecule has 1 aromatic rings. The van der Waals surface area contributed by atoms with Crippen LogP contribution in [-0.2, 0) is 0 Å². The number of aromatic nitrogens is 1. The topological polar surface area (TPSA) is 65.2 Å². The molecule has 0 spiro atoms. The van der Waals surface area contributed by atoms with Crippen LogP contribution in [0.4, 0.5) is 0 Å². The minimum Gasteiger partial charge on any atom is -0.350 e. The molecular weight excluding hydrogens is 254 g/mol. The molecule has 0 atom stereocenters. The molecule has 1 amide bonds. The van der Waals surface area contributed by atoms with Gasteiger partial charge in [0, 0.05) is 17.8 Å². The number of rotatable bonds is 4. The van der Waals surface area contributed by atoms with E-state index < -0.39 is 0 Å². The zero-order chi connectivity index (χ0) is 14.8. The molecule has 0 radical (unpaired) electrons. The van der Waals surface area contributed by atoms with Crippen LogP contribution in [0.1, 0.15) is 41.7 Å². The second kappa shape index (κ2) is 5.79. The summed E-state index contributed by atoms with van der Waals surface area (Å²) in [6.45, 7) is 2.38. The van der Waals surface area contributed by atoms with Crippen LogP contribution >= 0.6 is 0 Å². The Kier molecular flexibility index (Phi) is 4.28. The minimum atomic E-state index is -0.326. The first-order chi connectivity index (χ1) is 9.44. The molecule has 0 unspecified atom stereocenters. The lowest BCUT2D eigenvalue weighted by molar-refractivity contribution is 0.0898. The van der Waals surface area contributed by atoms with Crippen LogP contribution in [0.25, 0.3) is 0 Å². The number of nitrogens with zero attached hydrogens (tertiary/aromatic N) is 1. The third-order valence-corrected chi connectivity index (χ3v) is 4.36. The normalized spacial score (nSPS) is 17.4. The summed E-state index contributed by atoms with van der Waals surface area (Å²) in [6, 6.07) is 3.33. The summed E-state index contributed by atoms with van der Waals surface area (Å²) >= 11 is 0. The Balaban J connectivity index is 2.06. The van der Waals surface area contributed by atoms with Gasteiger partial charge in [0.15, 0.2) is 0 Å². The van der Waals surface area contributed by atoms with E-state index >= 15 is 0 Å². The van der Waals surface area contributed by atoms with Gasteiger partial charge in [0.2, 0.25) is 0 Å². The highest BCUT2D eigenvalue weighted by molar-refractivity contribution is 5.93. The first-order valence-corrected chi connectivity index (χ1v) is 7.10. The van der Waals surface area contributed by atoms with Crippen LogP contribution < -0.4 is 10.9 Å². The maximum absolute atomic E-state index is 12.1. The molecule has 5 nitrogen and oxygen atoms in total. The van der Waals surface area contributed by atoms with Crippen molar-refractivity contribution < 1.29 is 4.79 Å². The van der Waals surface area contributed by atoms with E-state index in [1.54, 1.807) is 19.1 Å². The Morgan fingerprint density at radius 3 is 2.55 bits per heavy atom. The third-order valence-electron chi connectivity index (χ3n) is 4.36. The number of amides is 1. The van der Waals surface area contributed by atoms with Gasteiger partial charge in [-0.05, 0) is 46.0 Å². The maximum atomic E-state index is 12.1. The molecule has 2 rings (SSSR count). The number of aromatic amines is 1. The van der Waals surface area contributed by atoms with Gasteiger partial charge in [0.1, 0.15) is 5.56 Å². The number of likely N-dealkylation sites (N-methyl/N-ethyl adjacent to an activating group) is 1. The summed E-state index contributed by atoms with van der Waals surface area (Å²) in [5.74, 6) is -0.292. The standard InChI is InChI=1S/C15H23N3O2/c1-11-6-7-12(14(20)17-11)13(19)16-10-15(18(2)3)8-4-5-9-15/h6-7H,4-5,8-10H2,1-3H3,(H,16,19)(H,17,20). The van der Waals surface area contributed by atoms with E-state index in [2.05, 4.69) is 29.3 Å². The molecular formula is C15H23N3O2. The zero-order valence-corrected chi connectivity index (χ0v) is 12.5. The summed E-state index contributed by atoms with van der Waals surface area (Å²) < 4.78 is 0. The van der Waals surface area contributed by atoms with Crippen molar-refractivity contribution in [2.45, 2.75) is 38.1 Å². The van der Waals surface area contributed by atoms with Gasteiger partial charge in [0.05, 0.1) is 0 Å². The number of aryl methyl sites for hydroxylation is 1. The first-order valence-electron chi connectivity index (χ1n) is 7.10. The van der Waals surface area contributed by atoms with E-state index in [-0.39, 0.29) is 22.6 Å². The van der Waals surface area contributed by atoms with Crippen molar-refractivity contribution in [1.29, 1.82) is 0 Å². The molecule has 1 heterocycles. The fraction of sp³-hybridized carbons (Fsp3) is 0.600. The highest BCUT2D eigenvalue weighted by Crippen LogP contribution is 2.33. The number of pyridine rings is 1. The van der Waals surface area contributed by atoms with Gasteiger partial charge in [-0.3, -0.25) is 9.59 Å². The molecule has 1 aliphatic carbocycles. The zero-order valence-electron chi connectivity index (χ0n) is 12.5. The predicted octanol–water partition coefficient (Wildman–Crippen LogP) is 1.29. The van der Waals surface area contributed by atoms with E-state index in [0.717, 1.165) is 18.5 Å². The van der Waals surface area contributed by atoms with E-state index in [0.29, 0.717) is 6.54 Å². The highest BCUT2D eigenvalue weighted by Gasteiger charge is 2.36. The number of carbonyl (C=O) groups excluding carboxylic acids is 1. The lowest BCUT2D eigenvalue weighted by Gasteiger charge is -2.36. The van der Waals surface area contributed by atoms with Crippen molar-refractivity contribution in [2.75, 3.05) is 20.6 Å². The highest BCUT2D eigenvalue weighted by atomic mass is 16.2. The van der Waals surface area contributed by atoms with Gasteiger partial charge in [-0.2, -0.15) is 0 Å². The average Bonchev–Trinajstić information content (AvgIpc) is 2.86. The third kappa shape index (κ3) is 2.93. The lowest BCUT2D eigenvalue weighted by Crippen LogP contribution is -2.51. The van der Waals surface area contributed by atoms with Gasteiger partial charge in [-0.15, -0.1) is 0 Å². The molecule has 0 aliphatic heterocycles. The number of hydrogen-bond acceptors (Lipinski definition) is 3. The van der Waals surface area contributed by atoms with Gasteiger partial charge in [0.25, 0.3) is 11.5 Å². The lowest BCUT2D eigenvalue weighted by atomic mass is 9.96. The van der Waals surface area contributed by atoms with Gasteiger partial charge < -0.3 is 15.2 Å². The summed E-state index contributed by atoms with van der Waals surface area (Å²) in [5, 5.41) is 2.92. The molecule has 2 N–H and O–H groups in total. The quantitative estimate of drug-likeness (QED) is 0.871. The first kappa shape index (κ1) is 14.8. The van der Waals surface area contributed by atoms with Crippen LogP contribution in [0.15, 0.2) is 16.9 Å². The number of carbonyl (C=O) groups is 1. The Labute approximate surface area is 119 Å². The van der Waals surface area contributed by atoms with E-state index in [1.165, 1.54) is 12.8 Å². The molecule has 1 aliphatic rings. The Hall–Kier alpha value is -1.62. The predicted molar refractivity (Wildman–Crippen MR) is 79.0 cm³/mol. The van der Waals surface area contributed by atoms with Crippen molar-refractivity contribution in [3.8, 4) is 0 Å². The molecule has 20 heavy (non-hydrogen) atoms. The summed E-state index contributed by atoms with van der Waals surface area (Å²) in [5.41, 5.74) is 0.648. The largest absolute Gasteiger partial charge is 0.350 e. The van der Waals surface area contributed by atoms with E-state index in [1.807, 2.05) is 0 Å². The number of H-pyrrole nitrogens is 1. The number of nitrogens with one attached hydrogen (secondary N) is 2. The van der Waals surface area contributed by atoms with Gasteiger partial charge in [-0.25, -0.2) is 0 Å². The van der Waals surface area contributed by atoms with E-state index in [9.17, 15) is 9.59 Å². The number of hydrogen-bond donors (Lipinski definition) is 2. The van der Waals surface area contributed by atoms with Crippen molar-refractivity contribution in [2.24, 2.45) is 0 Å². The fourth-order valence-corrected chi connectivity index (χ4v) is 2.91. The summed E-state index contributed by atoms with van der Waals surface area (Å²) in [7, 11) is 4.10. The Morgan fingerprint density at radius 2 is 2.00 bits per heavy atom. The Morgan fingerprint density at radius 1 is 1.35 bits per heavy atom. The van der Waals surface area contributed by atoms with Crippen LogP contribution in [0.2, 0.25) is 0 Å². The van der Waals surface area contributed by atoms with Crippen LogP contribution in [0.5, 0.6) is 0 Å². The SMILES string of the molecule is Cc1ccc(C(=O)NCC2(N(C)C)CCCC2)c(=O)[nH]1. The van der Waals surface area contributed by atoms with Crippen LogP contribution in [0.3, 0.4) is 0 Å². The second-order valence-electron chi connectivity index (χ2n) is 5.89. The minimum absolute atomic E-state index is 0.0348. The molecule has 1 aromatic heterocycles. The van der Waals surface area contributed by atoms with Crippen molar-refractivity contribution in [1.82, 2.24) is 15.2 Å². The maximum Gasteiger partial charge on any atom is 0.260 e. The molecule has 0 saturated heterocycles.